The summed E-state index contributed by atoms with van der Waals surface area (Å²) in [7, 11) is 0. The highest BCUT2D eigenvalue weighted by molar-refractivity contribution is 5.93. The Bertz CT molecular complexity index is 526. The first kappa shape index (κ1) is 15.7. The molecule has 8 heteroatoms. The molecule has 0 aromatic heterocycles. The number of halogens is 3. The highest BCUT2D eigenvalue weighted by Crippen LogP contribution is 2.18. The molecule has 1 N–H and O–H groups in total. The average molecular weight is 289 g/mol. The van der Waals surface area contributed by atoms with Gasteiger partial charge >= 0.3 is 12.3 Å². The highest BCUT2D eigenvalue weighted by Gasteiger charge is 2.32. The van der Waals surface area contributed by atoms with E-state index >= 15 is 0 Å². The Labute approximate surface area is 111 Å². The number of carbonyl (C=O) groups is 2. The van der Waals surface area contributed by atoms with Gasteiger partial charge in [-0.15, -0.1) is 13.2 Å². The van der Waals surface area contributed by atoms with E-state index in [0.29, 0.717) is 11.3 Å². The lowest BCUT2D eigenvalue weighted by atomic mass is 10.1. The normalized spacial score (nSPS) is 11.4. The topological polar surface area (TPSA) is 64.6 Å². The molecule has 0 bridgehead atoms. The number of para-hydroxylation sites is 1. The van der Waals surface area contributed by atoms with Crippen LogP contribution in [0.4, 0.5) is 18.9 Å². The molecule has 0 fully saturated rings. The summed E-state index contributed by atoms with van der Waals surface area (Å²) in [6.45, 7) is 1.30. The first-order valence-corrected chi connectivity index (χ1v) is 5.29. The largest absolute Gasteiger partial charge is 0.558 e. The van der Waals surface area contributed by atoms with Crippen molar-refractivity contribution in [2.24, 2.45) is 0 Å². The number of hydrogen-bond donors (Lipinski definition) is 1. The van der Waals surface area contributed by atoms with Crippen molar-refractivity contribution < 1.29 is 32.5 Å². The number of benzene rings is 1. The Kier molecular flexibility index (Phi) is 5.27. The van der Waals surface area contributed by atoms with E-state index in [2.05, 4.69) is 15.1 Å². The minimum atomic E-state index is -5.06. The van der Waals surface area contributed by atoms with Crippen LogP contribution in [0.2, 0.25) is 0 Å². The van der Waals surface area contributed by atoms with E-state index in [1.54, 1.807) is 24.3 Å². The summed E-state index contributed by atoms with van der Waals surface area (Å²) >= 11 is 0. The third kappa shape index (κ3) is 6.01. The predicted octanol–water partition coefficient (Wildman–Crippen LogP) is 2.65. The summed E-state index contributed by atoms with van der Waals surface area (Å²) in [4.78, 5) is 28.3. The van der Waals surface area contributed by atoms with E-state index in [1.807, 2.05) is 0 Å². The molecule has 20 heavy (non-hydrogen) atoms. The van der Waals surface area contributed by atoms with Gasteiger partial charge in [0, 0.05) is 18.7 Å². The maximum absolute atomic E-state index is 11.6. The molecule has 0 aliphatic heterocycles. The van der Waals surface area contributed by atoms with Gasteiger partial charge in [0.25, 0.3) is 0 Å². The second kappa shape index (κ2) is 6.71. The van der Waals surface area contributed by atoms with Gasteiger partial charge in [0.05, 0.1) is 0 Å². The lowest BCUT2D eigenvalue weighted by Gasteiger charge is -2.06. The fourth-order valence-corrected chi connectivity index (χ4v) is 1.22. The lowest BCUT2D eigenvalue weighted by molar-refractivity contribution is -0.461. The van der Waals surface area contributed by atoms with Crippen LogP contribution < -0.4 is 5.32 Å². The van der Waals surface area contributed by atoms with Crippen LogP contribution in [0.25, 0.3) is 6.08 Å². The minimum Gasteiger partial charge on any atom is -0.326 e. The van der Waals surface area contributed by atoms with E-state index in [1.165, 1.54) is 13.0 Å². The van der Waals surface area contributed by atoms with Crippen LogP contribution in [-0.2, 0) is 19.4 Å². The Morgan fingerprint density at radius 2 is 1.90 bits per heavy atom. The fourth-order valence-electron chi connectivity index (χ4n) is 1.22. The van der Waals surface area contributed by atoms with Crippen molar-refractivity contribution in [3.8, 4) is 0 Å². The summed E-state index contributed by atoms with van der Waals surface area (Å²) in [6, 6.07) is 6.40. The van der Waals surface area contributed by atoms with Crippen molar-refractivity contribution in [2.45, 2.75) is 13.3 Å². The van der Waals surface area contributed by atoms with Crippen molar-refractivity contribution >= 4 is 23.6 Å². The van der Waals surface area contributed by atoms with E-state index in [9.17, 15) is 22.8 Å². The van der Waals surface area contributed by atoms with Crippen molar-refractivity contribution in [3.05, 3.63) is 35.9 Å². The van der Waals surface area contributed by atoms with Gasteiger partial charge in [0.2, 0.25) is 5.91 Å². The number of hydrogen-bond acceptors (Lipinski definition) is 4. The second-order valence-electron chi connectivity index (χ2n) is 3.53. The van der Waals surface area contributed by atoms with Crippen LogP contribution in [0.5, 0.6) is 0 Å². The Hall–Kier alpha value is -2.35. The number of anilines is 1. The molecule has 1 amide bonds. The lowest BCUT2D eigenvalue weighted by Crippen LogP contribution is -2.16. The first-order valence-electron chi connectivity index (χ1n) is 5.29. The van der Waals surface area contributed by atoms with Crippen molar-refractivity contribution in [3.63, 3.8) is 0 Å². The van der Waals surface area contributed by atoms with Gasteiger partial charge in [-0.1, -0.05) is 23.1 Å². The average Bonchev–Trinajstić information content (AvgIpc) is 2.34. The molecular weight excluding hydrogens is 279 g/mol. The van der Waals surface area contributed by atoms with Crippen LogP contribution in [0.1, 0.15) is 12.5 Å². The molecule has 0 aliphatic carbocycles. The van der Waals surface area contributed by atoms with Crippen LogP contribution in [0.15, 0.2) is 30.3 Å². The van der Waals surface area contributed by atoms with Gasteiger partial charge in [0.1, 0.15) is 0 Å². The summed E-state index contributed by atoms with van der Waals surface area (Å²) in [5.74, 6) is -1.66. The van der Waals surface area contributed by atoms with Gasteiger partial charge in [-0.25, -0.2) is 4.79 Å². The van der Waals surface area contributed by atoms with E-state index in [-0.39, 0.29) is 5.91 Å². The van der Waals surface area contributed by atoms with Gasteiger partial charge in [0.15, 0.2) is 0 Å². The highest BCUT2D eigenvalue weighted by atomic mass is 19.4. The molecule has 0 radical (unpaired) electrons. The molecule has 0 unspecified atom stereocenters. The monoisotopic (exact) mass is 289 g/mol. The summed E-state index contributed by atoms with van der Waals surface area (Å²) < 4.78 is 34.8. The SMILES string of the molecule is CC(=O)Nc1ccccc1C=CC(=O)OOC(F)(F)F. The minimum absolute atomic E-state index is 0.325. The van der Waals surface area contributed by atoms with Gasteiger partial charge in [-0.05, 0) is 17.7 Å². The zero-order valence-corrected chi connectivity index (χ0v) is 10.2. The summed E-state index contributed by atoms with van der Waals surface area (Å²) in [5, 5.41) is 2.50. The van der Waals surface area contributed by atoms with E-state index < -0.39 is 12.3 Å². The second-order valence-corrected chi connectivity index (χ2v) is 3.53. The zero-order valence-electron chi connectivity index (χ0n) is 10.2. The molecule has 0 heterocycles. The maximum atomic E-state index is 11.6. The van der Waals surface area contributed by atoms with Crippen LogP contribution in [0.3, 0.4) is 0 Å². The summed E-state index contributed by atoms with van der Waals surface area (Å²) in [6.07, 6.45) is -3.13. The molecule has 1 aromatic carbocycles. The Morgan fingerprint density at radius 3 is 2.50 bits per heavy atom. The van der Waals surface area contributed by atoms with Gasteiger partial charge in [-0.3, -0.25) is 9.68 Å². The molecule has 0 saturated heterocycles. The number of nitrogens with one attached hydrogen (secondary N) is 1. The van der Waals surface area contributed by atoms with Crippen LogP contribution in [0, 0.1) is 0 Å². The van der Waals surface area contributed by atoms with Crippen molar-refractivity contribution in [1.29, 1.82) is 0 Å². The van der Waals surface area contributed by atoms with E-state index in [0.717, 1.165) is 6.08 Å². The van der Waals surface area contributed by atoms with Gasteiger partial charge < -0.3 is 5.32 Å². The smallest absolute Gasteiger partial charge is 0.326 e. The molecule has 1 aromatic rings. The molecular formula is C12H10F3NO4. The van der Waals surface area contributed by atoms with Crippen LogP contribution in [-0.4, -0.2) is 18.2 Å². The fraction of sp³-hybridized carbons (Fsp3) is 0.167. The number of alkyl halides is 3. The molecule has 1 rings (SSSR count). The van der Waals surface area contributed by atoms with Crippen molar-refractivity contribution in [2.75, 3.05) is 5.32 Å². The molecule has 0 spiro atoms. The molecule has 0 aliphatic rings. The van der Waals surface area contributed by atoms with Crippen LogP contribution >= 0.6 is 0 Å². The predicted molar refractivity (Wildman–Crippen MR) is 63.0 cm³/mol. The number of rotatable bonds is 4. The Balaban J connectivity index is 2.70. The maximum Gasteiger partial charge on any atom is 0.558 e. The third-order valence-electron chi connectivity index (χ3n) is 1.89. The van der Waals surface area contributed by atoms with Gasteiger partial charge in [-0.2, -0.15) is 0 Å². The quantitative estimate of drug-likeness (QED) is 0.526. The third-order valence-corrected chi connectivity index (χ3v) is 1.89. The summed E-state index contributed by atoms with van der Waals surface area (Å²) in [5.41, 5.74) is 0.826. The first-order chi connectivity index (χ1) is 9.28. The number of amides is 1. The van der Waals surface area contributed by atoms with E-state index in [4.69, 9.17) is 0 Å². The zero-order chi connectivity index (χ0) is 15.2. The molecule has 0 saturated carbocycles. The molecule has 0 atom stereocenters. The number of carbonyl (C=O) groups excluding carboxylic acids is 2. The van der Waals surface area contributed by atoms with Crippen molar-refractivity contribution in [1.82, 2.24) is 0 Å². The molecule has 108 valence electrons. The standard InChI is InChI=1S/C12H10F3NO4/c1-8(17)16-10-5-3-2-4-9(10)6-7-11(18)19-20-12(13,14)15/h2-7H,1H3,(H,16,17). The Morgan fingerprint density at radius 1 is 1.25 bits per heavy atom. The molecule has 5 nitrogen and oxygen atoms in total.